The van der Waals surface area contributed by atoms with Crippen LogP contribution in [0.2, 0.25) is 0 Å². The Bertz CT molecular complexity index is 462. The van der Waals surface area contributed by atoms with Crippen molar-refractivity contribution in [3.05, 3.63) is 23.8 Å². The molecule has 0 bridgehead atoms. The lowest BCUT2D eigenvalue weighted by molar-refractivity contribution is 0.0951. The summed E-state index contributed by atoms with van der Waals surface area (Å²) in [6.07, 6.45) is 0. The van der Waals surface area contributed by atoms with Crippen LogP contribution in [0.3, 0.4) is 0 Å². The fourth-order valence-corrected chi connectivity index (χ4v) is 1.87. The van der Waals surface area contributed by atoms with E-state index in [2.05, 4.69) is 35.1 Å². The lowest BCUT2D eigenvalue weighted by atomic mass is 10.1. The highest BCUT2D eigenvalue weighted by molar-refractivity contribution is 9.09. The fraction of sp³-hybridized carbons (Fsp3) is 0.500. The molecule has 1 amide bonds. The third-order valence-corrected chi connectivity index (χ3v) is 4.37. The minimum atomic E-state index is -0.0953. The molecule has 1 unspecified atom stereocenters. The van der Waals surface area contributed by atoms with Crippen LogP contribution in [0, 0.1) is 5.92 Å². The van der Waals surface area contributed by atoms with Crippen molar-refractivity contribution in [2.45, 2.75) is 18.7 Å². The Balaban J connectivity index is 1.99. The van der Waals surface area contributed by atoms with Gasteiger partial charge in [0, 0.05) is 16.9 Å². The summed E-state index contributed by atoms with van der Waals surface area (Å²) in [5.41, 5.74) is 0.590. The van der Waals surface area contributed by atoms with E-state index in [1.165, 1.54) is 0 Å². The van der Waals surface area contributed by atoms with Crippen LogP contribution in [0.4, 0.5) is 0 Å². The first-order valence-corrected chi connectivity index (χ1v) is 7.31. The summed E-state index contributed by atoms with van der Waals surface area (Å²) in [5.74, 6) is 1.71. The van der Waals surface area contributed by atoms with E-state index >= 15 is 0 Å². The molecule has 0 saturated heterocycles. The topological polar surface area (TPSA) is 47.6 Å². The molecule has 1 aliphatic heterocycles. The lowest BCUT2D eigenvalue weighted by Gasteiger charge is -2.19. The van der Waals surface area contributed by atoms with Crippen molar-refractivity contribution in [2.75, 3.05) is 19.8 Å². The van der Waals surface area contributed by atoms with Crippen LogP contribution in [-0.4, -0.2) is 30.5 Å². The first-order chi connectivity index (χ1) is 9.08. The number of ether oxygens (including phenoxy) is 2. The van der Waals surface area contributed by atoms with E-state index < -0.39 is 0 Å². The summed E-state index contributed by atoms with van der Waals surface area (Å²) < 4.78 is 10.9. The lowest BCUT2D eigenvalue weighted by Crippen LogP contribution is -2.31. The van der Waals surface area contributed by atoms with E-state index in [0.717, 1.165) is 0 Å². The van der Waals surface area contributed by atoms with Gasteiger partial charge >= 0.3 is 0 Å². The molecule has 1 heterocycles. The molecule has 0 aromatic heterocycles. The van der Waals surface area contributed by atoms with E-state index in [1.807, 2.05) is 0 Å². The van der Waals surface area contributed by atoms with Gasteiger partial charge in [-0.25, -0.2) is 0 Å². The van der Waals surface area contributed by atoms with Gasteiger partial charge in [0.1, 0.15) is 13.2 Å². The molecule has 0 saturated carbocycles. The minimum Gasteiger partial charge on any atom is -0.486 e. The quantitative estimate of drug-likeness (QED) is 0.865. The summed E-state index contributed by atoms with van der Waals surface area (Å²) in [6, 6.07) is 5.25. The van der Waals surface area contributed by atoms with Gasteiger partial charge in [0.05, 0.1) is 0 Å². The largest absolute Gasteiger partial charge is 0.486 e. The summed E-state index contributed by atoms with van der Waals surface area (Å²) in [5, 5.41) is 2.90. The zero-order chi connectivity index (χ0) is 13.8. The van der Waals surface area contributed by atoms with Gasteiger partial charge in [-0.3, -0.25) is 4.79 Å². The molecular weight excluding hydrogens is 310 g/mol. The van der Waals surface area contributed by atoms with Crippen molar-refractivity contribution in [1.82, 2.24) is 5.32 Å². The average Bonchev–Trinajstić information content (AvgIpc) is 2.43. The number of hydrogen-bond donors (Lipinski definition) is 1. The Morgan fingerprint density at radius 1 is 1.32 bits per heavy atom. The highest BCUT2D eigenvalue weighted by Gasteiger charge is 2.16. The number of hydrogen-bond acceptors (Lipinski definition) is 3. The number of fused-ring (bicyclic) bond motifs is 1. The number of benzene rings is 1. The van der Waals surface area contributed by atoms with Crippen molar-refractivity contribution in [3.63, 3.8) is 0 Å². The monoisotopic (exact) mass is 327 g/mol. The molecule has 1 atom stereocenters. The Kier molecular flexibility index (Phi) is 4.69. The van der Waals surface area contributed by atoms with Crippen LogP contribution in [0.15, 0.2) is 18.2 Å². The van der Waals surface area contributed by atoms with Crippen LogP contribution in [0.5, 0.6) is 11.5 Å². The van der Waals surface area contributed by atoms with Gasteiger partial charge < -0.3 is 14.8 Å². The van der Waals surface area contributed by atoms with Crippen molar-refractivity contribution in [3.8, 4) is 11.5 Å². The van der Waals surface area contributed by atoms with Gasteiger partial charge in [-0.05, 0) is 24.1 Å². The van der Waals surface area contributed by atoms with E-state index in [1.54, 1.807) is 18.2 Å². The second-order valence-electron chi connectivity index (χ2n) is 4.83. The summed E-state index contributed by atoms with van der Waals surface area (Å²) in [6.45, 7) is 5.89. The van der Waals surface area contributed by atoms with Crippen molar-refractivity contribution >= 4 is 21.8 Å². The maximum Gasteiger partial charge on any atom is 0.251 e. The van der Waals surface area contributed by atoms with Crippen LogP contribution < -0.4 is 14.8 Å². The van der Waals surface area contributed by atoms with E-state index in [9.17, 15) is 4.79 Å². The highest BCUT2D eigenvalue weighted by Crippen LogP contribution is 2.30. The van der Waals surface area contributed by atoms with Crippen molar-refractivity contribution < 1.29 is 14.3 Å². The standard InChI is InChI=1S/C14H18BrNO3/c1-9(2)11(15)8-16-14(17)10-3-4-12-13(7-10)19-6-5-18-12/h3-4,7,9,11H,5-6,8H2,1-2H3,(H,16,17). The van der Waals surface area contributed by atoms with Crippen molar-refractivity contribution in [1.29, 1.82) is 0 Å². The molecule has 1 aromatic rings. The van der Waals surface area contributed by atoms with E-state index in [4.69, 9.17) is 9.47 Å². The Hall–Kier alpha value is -1.23. The van der Waals surface area contributed by atoms with Gasteiger partial charge in [0.25, 0.3) is 5.91 Å². The van der Waals surface area contributed by atoms with Gasteiger partial charge in [-0.15, -0.1) is 0 Å². The molecule has 0 spiro atoms. The second kappa shape index (κ2) is 6.28. The number of alkyl halides is 1. The maximum atomic E-state index is 12.0. The molecule has 0 fully saturated rings. The highest BCUT2D eigenvalue weighted by atomic mass is 79.9. The molecule has 1 aromatic carbocycles. The SMILES string of the molecule is CC(C)C(Br)CNC(=O)c1ccc2c(c1)OCCO2. The fourth-order valence-electron chi connectivity index (χ4n) is 1.71. The first kappa shape index (κ1) is 14.2. The molecule has 0 aliphatic carbocycles. The van der Waals surface area contributed by atoms with Crippen LogP contribution in [-0.2, 0) is 0 Å². The van der Waals surface area contributed by atoms with E-state index in [-0.39, 0.29) is 10.7 Å². The third kappa shape index (κ3) is 3.62. The number of amides is 1. The molecule has 1 N–H and O–H groups in total. The molecule has 19 heavy (non-hydrogen) atoms. The second-order valence-corrected chi connectivity index (χ2v) is 6.00. The van der Waals surface area contributed by atoms with Gasteiger partial charge in [0.2, 0.25) is 0 Å². The number of carbonyl (C=O) groups excluding carboxylic acids is 1. The van der Waals surface area contributed by atoms with Gasteiger partial charge in [-0.1, -0.05) is 29.8 Å². The number of carbonyl (C=O) groups is 1. The molecule has 4 nitrogen and oxygen atoms in total. The Labute approximate surface area is 121 Å². The van der Waals surface area contributed by atoms with Gasteiger partial charge in [-0.2, -0.15) is 0 Å². The zero-order valence-electron chi connectivity index (χ0n) is 11.1. The molecule has 104 valence electrons. The Morgan fingerprint density at radius 2 is 2.00 bits per heavy atom. The molecular formula is C14H18BrNO3. The Morgan fingerprint density at radius 3 is 2.68 bits per heavy atom. The summed E-state index contributed by atoms with van der Waals surface area (Å²) in [4.78, 5) is 12.3. The molecule has 1 aliphatic rings. The predicted molar refractivity (Wildman–Crippen MR) is 77.3 cm³/mol. The van der Waals surface area contributed by atoms with Crippen LogP contribution in [0.1, 0.15) is 24.2 Å². The third-order valence-electron chi connectivity index (χ3n) is 2.99. The average molecular weight is 328 g/mol. The number of halogens is 1. The predicted octanol–water partition coefficient (Wildman–Crippen LogP) is 2.61. The van der Waals surface area contributed by atoms with E-state index in [0.29, 0.717) is 42.7 Å². The number of rotatable bonds is 4. The summed E-state index contributed by atoms with van der Waals surface area (Å²) in [7, 11) is 0. The van der Waals surface area contributed by atoms with Crippen LogP contribution >= 0.6 is 15.9 Å². The molecule has 2 rings (SSSR count). The molecule has 5 heteroatoms. The first-order valence-electron chi connectivity index (χ1n) is 6.40. The molecule has 0 radical (unpaired) electrons. The van der Waals surface area contributed by atoms with Crippen LogP contribution in [0.25, 0.3) is 0 Å². The zero-order valence-corrected chi connectivity index (χ0v) is 12.7. The van der Waals surface area contributed by atoms with Crippen molar-refractivity contribution in [2.24, 2.45) is 5.92 Å². The van der Waals surface area contributed by atoms with Gasteiger partial charge in [0.15, 0.2) is 11.5 Å². The maximum absolute atomic E-state index is 12.0. The number of nitrogens with one attached hydrogen (secondary N) is 1. The smallest absolute Gasteiger partial charge is 0.251 e. The normalized spacial score (nSPS) is 15.2. The minimum absolute atomic E-state index is 0.0953. The summed E-state index contributed by atoms with van der Waals surface area (Å²) >= 11 is 3.54.